The number of allylic oxidation sites excluding steroid dienone is 1. The average Bonchev–Trinajstić information content (AvgIpc) is 2.38. The smallest absolute Gasteiger partial charge is 0.334 e. The zero-order valence-corrected chi connectivity index (χ0v) is 12.4. The maximum Gasteiger partial charge on any atom is 0.334 e. The summed E-state index contributed by atoms with van der Waals surface area (Å²) in [6, 6.07) is 7.66. The van der Waals surface area contributed by atoms with Crippen LogP contribution < -0.4 is 0 Å². The van der Waals surface area contributed by atoms with Crippen LogP contribution in [0, 0.1) is 5.41 Å². The quantitative estimate of drug-likeness (QED) is 0.746. The van der Waals surface area contributed by atoms with Gasteiger partial charge in [0, 0.05) is 10.6 Å². The number of carbonyl (C=O) groups is 1. The number of carbonyl (C=O) groups excluding carboxylic acids is 1. The molecule has 0 aromatic heterocycles. The Balaban J connectivity index is 2.45. The van der Waals surface area contributed by atoms with Crippen molar-refractivity contribution in [2.24, 2.45) is 5.41 Å². The molecular weight excluding hydrogens is 260 g/mol. The third-order valence-electron chi connectivity index (χ3n) is 3.70. The summed E-state index contributed by atoms with van der Waals surface area (Å²) in [5, 5.41) is 0.708. The Morgan fingerprint density at radius 2 is 1.89 bits per heavy atom. The van der Waals surface area contributed by atoms with E-state index in [0.29, 0.717) is 5.02 Å². The molecule has 0 spiro atoms. The van der Waals surface area contributed by atoms with E-state index in [-0.39, 0.29) is 11.4 Å². The summed E-state index contributed by atoms with van der Waals surface area (Å²) in [6.07, 6.45) is 2.74. The van der Waals surface area contributed by atoms with E-state index in [1.165, 1.54) is 7.11 Å². The molecule has 0 atom stereocenters. The summed E-state index contributed by atoms with van der Waals surface area (Å²) < 4.78 is 4.94. The molecule has 0 heterocycles. The SMILES string of the molecule is COC(=O)C1=C(c2ccc(Cl)cc2)CCC(C)(C)C1. The van der Waals surface area contributed by atoms with Gasteiger partial charge < -0.3 is 4.74 Å². The van der Waals surface area contributed by atoms with Gasteiger partial charge in [-0.3, -0.25) is 0 Å². The van der Waals surface area contributed by atoms with Gasteiger partial charge in [-0.15, -0.1) is 0 Å². The molecule has 102 valence electrons. The molecule has 1 aromatic carbocycles. The Hall–Kier alpha value is -1.28. The molecule has 2 rings (SSSR count). The summed E-state index contributed by atoms with van der Waals surface area (Å²) in [5.41, 5.74) is 3.13. The van der Waals surface area contributed by atoms with Crippen LogP contribution in [0.5, 0.6) is 0 Å². The van der Waals surface area contributed by atoms with E-state index < -0.39 is 0 Å². The lowest BCUT2D eigenvalue weighted by Gasteiger charge is -2.32. The number of rotatable bonds is 2. The van der Waals surface area contributed by atoms with Crippen molar-refractivity contribution in [1.82, 2.24) is 0 Å². The van der Waals surface area contributed by atoms with Gasteiger partial charge in [0.05, 0.1) is 7.11 Å². The molecular formula is C16H19ClO2. The highest BCUT2D eigenvalue weighted by molar-refractivity contribution is 6.30. The molecule has 0 radical (unpaired) electrons. The van der Waals surface area contributed by atoms with Crippen molar-refractivity contribution in [3.8, 4) is 0 Å². The van der Waals surface area contributed by atoms with E-state index in [2.05, 4.69) is 13.8 Å². The first-order valence-corrected chi connectivity index (χ1v) is 6.87. The molecule has 0 saturated carbocycles. The topological polar surface area (TPSA) is 26.3 Å². The second kappa shape index (κ2) is 5.38. The van der Waals surface area contributed by atoms with Crippen LogP contribution in [0.2, 0.25) is 5.02 Å². The van der Waals surface area contributed by atoms with Crippen LogP contribution in [0.1, 0.15) is 38.7 Å². The van der Waals surface area contributed by atoms with Gasteiger partial charge >= 0.3 is 5.97 Å². The number of esters is 1. The van der Waals surface area contributed by atoms with Crippen molar-refractivity contribution in [2.45, 2.75) is 33.1 Å². The van der Waals surface area contributed by atoms with Crippen LogP contribution in [-0.4, -0.2) is 13.1 Å². The minimum absolute atomic E-state index is 0.152. The van der Waals surface area contributed by atoms with Crippen LogP contribution in [0.15, 0.2) is 29.8 Å². The summed E-state index contributed by atoms with van der Waals surface area (Å²) in [5.74, 6) is -0.210. The van der Waals surface area contributed by atoms with Crippen LogP contribution in [-0.2, 0) is 9.53 Å². The zero-order chi connectivity index (χ0) is 14.0. The van der Waals surface area contributed by atoms with E-state index in [4.69, 9.17) is 16.3 Å². The zero-order valence-electron chi connectivity index (χ0n) is 11.6. The van der Waals surface area contributed by atoms with E-state index in [9.17, 15) is 4.79 Å². The monoisotopic (exact) mass is 278 g/mol. The fourth-order valence-electron chi connectivity index (χ4n) is 2.58. The number of benzene rings is 1. The molecule has 0 fully saturated rings. The van der Waals surface area contributed by atoms with Crippen molar-refractivity contribution in [3.05, 3.63) is 40.4 Å². The van der Waals surface area contributed by atoms with Gasteiger partial charge in [-0.05, 0) is 47.9 Å². The predicted octanol–water partition coefficient (Wildman–Crippen LogP) is 4.48. The summed E-state index contributed by atoms with van der Waals surface area (Å²) >= 11 is 5.91. The molecule has 0 unspecified atom stereocenters. The number of hydrogen-bond donors (Lipinski definition) is 0. The van der Waals surface area contributed by atoms with Crippen LogP contribution in [0.25, 0.3) is 5.57 Å². The van der Waals surface area contributed by atoms with Gasteiger partial charge in [0.25, 0.3) is 0 Å². The minimum atomic E-state index is -0.210. The normalized spacial score (nSPS) is 18.3. The van der Waals surface area contributed by atoms with Crippen LogP contribution in [0.4, 0.5) is 0 Å². The van der Waals surface area contributed by atoms with Crippen molar-refractivity contribution in [1.29, 1.82) is 0 Å². The predicted molar refractivity (Wildman–Crippen MR) is 78.0 cm³/mol. The van der Waals surface area contributed by atoms with Gasteiger partial charge in [0.15, 0.2) is 0 Å². The summed E-state index contributed by atoms with van der Waals surface area (Å²) in [6.45, 7) is 4.38. The lowest BCUT2D eigenvalue weighted by atomic mass is 9.73. The van der Waals surface area contributed by atoms with E-state index in [1.54, 1.807) is 0 Å². The highest BCUT2D eigenvalue weighted by atomic mass is 35.5. The molecule has 0 N–H and O–H groups in total. The van der Waals surface area contributed by atoms with Crippen molar-refractivity contribution < 1.29 is 9.53 Å². The standard InChI is InChI=1S/C16H19ClO2/c1-16(2)9-8-13(14(10-16)15(18)19-3)11-4-6-12(17)7-5-11/h4-7H,8-10H2,1-3H3. The fourth-order valence-corrected chi connectivity index (χ4v) is 2.70. The van der Waals surface area contributed by atoms with Crippen molar-refractivity contribution >= 4 is 23.1 Å². The Morgan fingerprint density at radius 1 is 1.26 bits per heavy atom. The lowest BCUT2D eigenvalue weighted by molar-refractivity contribution is -0.136. The number of methoxy groups -OCH3 is 1. The van der Waals surface area contributed by atoms with Crippen molar-refractivity contribution in [2.75, 3.05) is 7.11 Å². The molecule has 2 nitrogen and oxygen atoms in total. The minimum Gasteiger partial charge on any atom is -0.466 e. The molecule has 0 saturated heterocycles. The van der Waals surface area contributed by atoms with Crippen LogP contribution in [0.3, 0.4) is 0 Å². The highest BCUT2D eigenvalue weighted by Gasteiger charge is 2.31. The van der Waals surface area contributed by atoms with Crippen molar-refractivity contribution in [3.63, 3.8) is 0 Å². The maximum atomic E-state index is 12.0. The number of hydrogen-bond acceptors (Lipinski definition) is 2. The molecule has 1 aromatic rings. The molecule has 0 amide bonds. The van der Waals surface area contributed by atoms with Gasteiger partial charge in [0.1, 0.15) is 0 Å². The number of ether oxygens (including phenoxy) is 1. The third kappa shape index (κ3) is 3.19. The highest BCUT2D eigenvalue weighted by Crippen LogP contribution is 2.42. The maximum absolute atomic E-state index is 12.0. The van der Waals surface area contributed by atoms with Gasteiger partial charge in [0.2, 0.25) is 0 Å². The third-order valence-corrected chi connectivity index (χ3v) is 3.95. The average molecular weight is 279 g/mol. The van der Waals surface area contributed by atoms with Crippen LogP contribution >= 0.6 is 11.6 Å². The first kappa shape index (κ1) is 14.1. The Kier molecular flexibility index (Phi) is 4.00. The largest absolute Gasteiger partial charge is 0.466 e. The molecule has 1 aliphatic rings. The Morgan fingerprint density at radius 3 is 2.47 bits per heavy atom. The molecule has 3 heteroatoms. The van der Waals surface area contributed by atoms with E-state index >= 15 is 0 Å². The molecule has 0 aliphatic heterocycles. The first-order chi connectivity index (χ1) is 8.93. The van der Waals surface area contributed by atoms with E-state index in [1.807, 2.05) is 24.3 Å². The summed E-state index contributed by atoms with van der Waals surface area (Å²) in [4.78, 5) is 12.0. The van der Waals surface area contributed by atoms with Gasteiger partial charge in [-0.2, -0.15) is 0 Å². The molecule has 19 heavy (non-hydrogen) atoms. The fraction of sp³-hybridized carbons (Fsp3) is 0.438. The second-order valence-electron chi connectivity index (χ2n) is 5.80. The Bertz CT molecular complexity index is 512. The lowest BCUT2D eigenvalue weighted by Crippen LogP contribution is -2.22. The summed E-state index contributed by atoms with van der Waals surface area (Å²) in [7, 11) is 1.44. The Labute approximate surface area is 119 Å². The molecule has 0 bridgehead atoms. The number of halogens is 1. The van der Waals surface area contributed by atoms with Gasteiger partial charge in [-0.1, -0.05) is 37.6 Å². The van der Waals surface area contributed by atoms with Gasteiger partial charge in [-0.25, -0.2) is 4.79 Å². The molecule has 1 aliphatic carbocycles. The van der Waals surface area contributed by atoms with E-state index in [0.717, 1.165) is 36.0 Å². The second-order valence-corrected chi connectivity index (χ2v) is 6.23. The first-order valence-electron chi connectivity index (χ1n) is 6.49.